The third-order valence-corrected chi connectivity index (χ3v) is 4.51. The molecule has 0 bridgehead atoms. The molecule has 2 N–H and O–H groups in total. The maximum Gasteiger partial charge on any atom is 0.232 e. The number of carbonyl (C=O) groups is 2. The fourth-order valence-corrected chi connectivity index (χ4v) is 3.24. The summed E-state index contributed by atoms with van der Waals surface area (Å²) < 4.78 is 0. The van der Waals surface area contributed by atoms with Gasteiger partial charge in [0.25, 0.3) is 0 Å². The van der Waals surface area contributed by atoms with E-state index < -0.39 is 0 Å². The van der Waals surface area contributed by atoms with E-state index in [0.717, 1.165) is 45.4 Å². The molecule has 19 heavy (non-hydrogen) atoms. The molecule has 5 nitrogen and oxygen atoms in total. The van der Waals surface area contributed by atoms with Crippen molar-refractivity contribution in [1.29, 1.82) is 0 Å². The highest BCUT2D eigenvalue weighted by atomic mass is 32.2. The molecule has 1 unspecified atom stereocenters. The minimum Gasteiger partial charge on any atom is -0.351 e. The normalized spacial score (nSPS) is 23.4. The van der Waals surface area contributed by atoms with Gasteiger partial charge in [-0.05, 0) is 32.2 Å². The summed E-state index contributed by atoms with van der Waals surface area (Å²) in [6.45, 7) is 3.62. The van der Waals surface area contributed by atoms with Gasteiger partial charge in [0.2, 0.25) is 11.8 Å². The number of nitrogens with zero attached hydrogens (tertiary/aromatic N) is 1. The highest BCUT2D eigenvalue weighted by molar-refractivity contribution is 8.00. The van der Waals surface area contributed by atoms with Gasteiger partial charge in [-0.3, -0.25) is 9.59 Å². The quantitative estimate of drug-likeness (QED) is 0.758. The van der Waals surface area contributed by atoms with Gasteiger partial charge in [-0.15, -0.1) is 11.8 Å². The average molecular weight is 285 g/mol. The van der Waals surface area contributed by atoms with E-state index in [1.54, 1.807) is 0 Å². The molecule has 0 spiro atoms. The molecule has 0 aromatic carbocycles. The Morgan fingerprint density at radius 3 is 2.68 bits per heavy atom. The van der Waals surface area contributed by atoms with E-state index in [4.69, 9.17) is 0 Å². The summed E-state index contributed by atoms with van der Waals surface area (Å²) in [4.78, 5) is 25.5. The third kappa shape index (κ3) is 5.03. The first-order valence-electron chi connectivity index (χ1n) is 7.11. The fraction of sp³-hybridized carbons (Fsp3) is 0.846. The first-order chi connectivity index (χ1) is 9.25. The molecular weight excluding hydrogens is 262 g/mol. The number of hydrogen-bond donors (Lipinski definition) is 2. The topological polar surface area (TPSA) is 61.4 Å². The van der Waals surface area contributed by atoms with Crippen LogP contribution in [0.5, 0.6) is 0 Å². The molecule has 0 aliphatic carbocycles. The molecule has 2 heterocycles. The number of carbonyl (C=O) groups excluding carboxylic acids is 2. The van der Waals surface area contributed by atoms with Crippen molar-refractivity contribution in [3.05, 3.63) is 0 Å². The number of thioether (sulfide) groups is 1. The Labute approximate surface area is 118 Å². The minimum absolute atomic E-state index is 0.0464. The second-order valence-corrected chi connectivity index (χ2v) is 6.18. The van der Waals surface area contributed by atoms with Gasteiger partial charge in [0.05, 0.1) is 11.5 Å². The van der Waals surface area contributed by atoms with E-state index in [9.17, 15) is 9.59 Å². The predicted molar refractivity (Wildman–Crippen MR) is 77.2 cm³/mol. The van der Waals surface area contributed by atoms with Crippen molar-refractivity contribution >= 4 is 23.6 Å². The Morgan fingerprint density at radius 1 is 1.21 bits per heavy atom. The van der Waals surface area contributed by atoms with Crippen LogP contribution in [0.4, 0.5) is 0 Å². The summed E-state index contributed by atoms with van der Waals surface area (Å²) in [5.41, 5.74) is 0. The molecule has 0 radical (unpaired) electrons. The lowest BCUT2D eigenvalue weighted by Crippen LogP contribution is -2.38. The maximum atomic E-state index is 11.9. The zero-order valence-corrected chi connectivity index (χ0v) is 12.1. The summed E-state index contributed by atoms with van der Waals surface area (Å²) in [7, 11) is 0. The molecule has 0 aromatic rings. The van der Waals surface area contributed by atoms with E-state index in [-0.39, 0.29) is 17.9 Å². The number of nitrogens with one attached hydrogen (secondary N) is 2. The van der Waals surface area contributed by atoms with Crippen molar-refractivity contribution in [2.24, 2.45) is 0 Å². The first-order valence-corrected chi connectivity index (χ1v) is 8.27. The zero-order valence-electron chi connectivity index (χ0n) is 11.3. The van der Waals surface area contributed by atoms with Crippen LogP contribution >= 0.6 is 11.8 Å². The lowest BCUT2D eigenvalue weighted by atomic mass is 10.1. The van der Waals surface area contributed by atoms with E-state index >= 15 is 0 Å². The van der Waals surface area contributed by atoms with Crippen molar-refractivity contribution in [1.82, 2.24) is 15.5 Å². The Morgan fingerprint density at radius 2 is 2.00 bits per heavy atom. The Hall–Kier alpha value is -0.750. The van der Waals surface area contributed by atoms with Crippen LogP contribution in [-0.4, -0.2) is 60.4 Å². The van der Waals surface area contributed by atoms with Crippen LogP contribution in [0, 0.1) is 0 Å². The summed E-state index contributed by atoms with van der Waals surface area (Å²) in [6.07, 6.45) is 4.47. The number of piperidine rings is 1. The lowest BCUT2D eigenvalue weighted by Gasteiger charge is -2.26. The standard InChI is InChI=1S/C13H23N3O2S/c17-12(15-11-4-5-14-8-11)9-19-10-13(18)16-6-2-1-3-7-16/h11,14H,1-10H2,(H,15,17). The van der Waals surface area contributed by atoms with Crippen molar-refractivity contribution in [3.8, 4) is 0 Å². The molecule has 2 aliphatic heterocycles. The number of hydrogen-bond acceptors (Lipinski definition) is 4. The molecule has 1 atom stereocenters. The largest absolute Gasteiger partial charge is 0.351 e. The lowest BCUT2D eigenvalue weighted by molar-refractivity contribution is -0.129. The summed E-state index contributed by atoms with van der Waals surface area (Å²) >= 11 is 1.42. The van der Waals surface area contributed by atoms with Crippen molar-refractivity contribution in [2.45, 2.75) is 31.7 Å². The van der Waals surface area contributed by atoms with E-state index in [1.165, 1.54) is 18.2 Å². The van der Waals surface area contributed by atoms with E-state index in [2.05, 4.69) is 10.6 Å². The molecule has 6 heteroatoms. The Kier molecular flexibility index (Phi) is 5.97. The summed E-state index contributed by atoms with van der Waals surface area (Å²) in [6, 6.07) is 0.269. The third-order valence-electron chi connectivity index (χ3n) is 3.59. The van der Waals surface area contributed by atoms with Gasteiger partial charge >= 0.3 is 0 Å². The highest BCUT2D eigenvalue weighted by Crippen LogP contribution is 2.11. The second-order valence-electron chi connectivity index (χ2n) is 5.19. The van der Waals surface area contributed by atoms with Crippen molar-refractivity contribution in [3.63, 3.8) is 0 Å². The smallest absolute Gasteiger partial charge is 0.232 e. The fourth-order valence-electron chi connectivity index (χ4n) is 2.51. The van der Waals surface area contributed by atoms with Crippen LogP contribution < -0.4 is 10.6 Å². The van der Waals surface area contributed by atoms with Crippen LogP contribution in [0.15, 0.2) is 0 Å². The van der Waals surface area contributed by atoms with Gasteiger partial charge < -0.3 is 15.5 Å². The summed E-state index contributed by atoms with van der Waals surface area (Å²) in [5, 5.41) is 6.20. The molecule has 2 aliphatic rings. The number of amides is 2. The second kappa shape index (κ2) is 7.75. The number of rotatable bonds is 5. The van der Waals surface area contributed by atoms with Crippen LogP contribution in [0.2, 0.25) is 0 Å². The highest BCUT2D eigenvalue weighted by Gasteiger charge is 2.18. The molecular formula is C13H23N3O2S. The van der Waals surface area contributed by atoms with Gasteiger partial charge in [-0.2, -0.15) is 0 Å². The van der Waals surface area contributed by atoms with Crippen LogP contribution in [-0.2, 0) is 9.59 Å². The van der Waals surface area contributed by atoms with Crippen LogP contribution in [0.3, 0.4) is 0 Å². The number of likely N-dealkylation sites (tertiary alicyclic amines) is 1. The molecule has 0 aromatic heterocycles. The molecule has 2 rings (SSSR count). The molecule has 2 fully saturated rings. The molecule has 0 saturated carbocycles. The zero-order chi connectivity index (χ0) is 13.5. The van der Waals surface area contributed by atoms with Crippen molar-refractivity contribution in [2.75, 3.05) is 37.7 Å². The van der Waals surface area contributed by atoms with E-state index in [1.807, 2.05) is 4.90 Å². The van der Waals surface area contributed by atoms with Gasteiger partial charge in [0.1, 0.15) is 0 Å². The van der Waals surface area contributed by atoms with Crippen LogP contribution in [0.1, 0.15) is 25.7 Å². The van der Waals surface area contributed by atoms with Gasteiger partial charge in [0, 0.05) is 25.7 Å². The molecule has 2 amide bonds. The average Bonchev–Trinajstić information content (AvgIpc) is 2.92. The SMILES string of the molecule is O=C(CSCC(=O)N1CCCCC1)NC1CCNC1. The Bertz CT molecular complexity index is 313. The first kappa shape index (κ1) is 14.7. The predicted octanol–water partition coefficient (Wildman–Crippen LogP) is 0.210. The molecule has 2 saturated heterocycles. The van der Waals surface area contributed by atoms with Gasteiger partial charge in [-0.25, -0.2) is 0 Å². The van der Waals surface area contributed by atoms with E-state index in [0.29, 0.717) is 11.5 Å². The summed E-state index contributed by atoms with van der Waals surface area (Å²) in [5.74, 6) is 1.04. The van der Waals surface area contributed by atoms with Crippen molar-refractivity contribution < 1.29 is 9.59 Å². The maximum absolute atomic E-state index is 11.9. The van der Waals surface area contributed by atoms with Gasteiger partial charge in [0.15, 0.2) is 0 Å². The van der Waals surface area contributed by atoms with Gasteiger partial charge in [-0.1, -0.05) is 0 Å². The monoisotopic (exact) mass is 285 g/mol. The molecule has 108 valence electrons. The Balaban J connectivity index is 1.57. The van der Waals surface area contributed by atoms with Crippen LogP contribution in [0.25, 0.3) is 0 Å². The minimum atomic E-state index is 0.0464.